The van der Waals surface area contributed by atoms with Crippen LogP contribution in [-0.2, 0) is 6.18 Å². The highest BCUT2D eigenvalue weighted by atomic mass is 19.4. The minimum atomic E-state index is -4.60. The van der Waals surface area contributed by atoms with Gasteiger partial charge in [0.1, 0.15) is 0 Å². The van der Waals surface area contributed by atoms with Crippen molar-refractivity contribution in [1.82, 2.24) is 10.1 Å². The summed E-state index contributed by atoms with van der Waals surface area (Å²) in [5, 5.41) is 3.28. The molecule has 1 aromatic heterocycles. The van der Waals surface area contributed by atoms with E-state index >= 15 is 0 Å². The number of benzene rings is 1. The van der Waals surface area contributed by atoms with Crippen molar-refractivity contribution in [3.63, 3.8) is 0 Å². The minimum Gasteiger partial charge on any atom is -0.329 e. The smallest absolute Gasteiger partial charge is 0.329 e. The van der Waals surface area contributed by atoms with Gasteiger partial charge in [0.2, 0.25) is 5.82 Å². The number of alkyl halides is 3. The number of aryl methyl sites for hydroxylation is 1. The molecule has 0 saturated carbocycles. The van der Waals surface area contributed by atoms with Gasteiger partial charge in [-0.1, -0.05) is 84.8 Å². The molecule has 2 aromatic rings. The monoisotopic (exact) mass is 380 g/mol. The average molecular weight is 380 g/mol. The molecule has 0 unspecified atom stereocenters. The van der Waals surface area contributed by atoms with Crippen molar-refractivity contribution < 1.29 is 17.7 Å². The molecule has 0 aliphatic carbocycles. The summed E-state index contributed by atoms with van der Waals surface area (Å²) in [6.07, 6.45) is 5.66. The summed E-state index contributed by atoms with van der Waals surface area (Å²) in [6.45, 7) is 12.0. The molecule has 6 heteroatoms. The van der Waals surface area contributed by atoms with Gasteiger partial charge in [0, 0.05) is 5.56 Å². The molecule has 148 valence electrons. The van der Waals surface area contributed by atoms with Crippen molar-refractivity contribution in [3.05, 3.63) is 71.7 Å². The van der Waals surface area contributed by atoms with Gasteiger partial charge in [-0.05, 0) is 27.7 Å². The van der Waals surface area contributed by atoms with E-state index in [1.165, 1.54) is 5.57 Å². The molecule has 0 saturated heterocycles. The lowest BCUT2D eigenvalue weighted by atomic mass is 10.1. The molecular formula is C21H27F3N2O. The lowest BCUT2D eigenvalue weighted by Gasteiger charge is -1.96. The lowest BCUT2D eigenvalue weighted by molar-refractivity contribution is -0.159. The van der Waals surface area contributed by atoms with Crippen molar-refractivity contribution in [2.24, 2.45) is 0 Å². The first-order valence-corrected chi connectivity index (χ1v) is 8.68. The van der Waals surface area contributed by atoms with Crippen LogP contribution in [0.2, 0.25) is 0 Å². The summed E-state index contributed by atoms with van der Waals surface area (Å²) in [5.74, 6) is -1.39. The Balaban J connectivity index is 0.000000528. The fourth-order valence-electron chi connectivity index (χ4n) is 1.72. The second kappa shape index (κ2) is 12.7. The first kappa shape index (κ1) is 24.4. The van der Waals surface area contributed by atoms with Crippen LogP contribution in [0.25, 0.3) is 11.4 Å². The van der Waals surface area contributed by atoms with E-state index in [-0.39, 0.29) is 5.82 Å². The van der Waals surface area contributed by atoms with Crippen LogP contribution in [0.3, 0.4) is 0 Å². The molecule has 0 bridgehead atoms. The standard InChI is InChI=1S/C10H7F3N2O.C9H14.C2H6/c1-6-2-4-7(5-3-6)8-14-9(16-15-8)10(11,12)13;1-4-6-8-9(3)7-5-2;1-2/h2-5H,1H3;4-8H,1-3H3;1-2H3/b;6-4-,7-5-,9-8-;. The highest BCUT2D eigenvalue weighted by Crippen LogP contribution is 2.29. The van der Waals surface area contributed by atoms with Gasteiger partial charge >= 0.3 is 12.1 Å². The largest absolute Gasteiger partial charge is 0.471 e. The number of halogens is 3. The van der Waals surface area contributed by atoms with Gasteiger partial charge in [-0.2, -0.15) is 18.2 Å². The molecular weight excluding hydrogens is 353 g/mol. The molecule has 27 heavy (non-hydrogen) atoms. The summed E-state index contributed by atoms with van der Waals surface area (Å²) in [6, 6.07) is 6.80. The van der Waals surface area contributed by atoms with E-state index in [1.807, 2.05) is 52.8 Å². The Hall–Kier alpha value is -2.63. The predicted octanol–water partition coefficient (Wildman–Crippen LogP) is 7.17. The number of nitrogens with zero attached hydrogens (tertiary/aromatic N) is 2. The lowest BCUT2D eigenvalue weighted by Crippen LogP contribution is -2.04. The molecule has 0 N–H and O–H groups in total. The van der Waals surface area contributed by atoms with Crippen LogP contribution in [0.1, 0.15) is 46.1 Å². The third-order valence-corrected chi connectivity index (χ3v) is 2.96. The Morgan fingerprint density at radius 2 is 1.63 bits per heavy atom. The topological polar surface area (TPSA) is 38.9 Å². The summed E-state index contributed by atoms with van der Waals surface area (Å²) in [7, 11) is 0. The first-order chi connectivity index (χ1) is 12.8. The maximum absolute atomic E-state index is 12.2. The maximum atomic E-state index is 12.2. The molecule has 2 rings (SSSR count). The van der Waals surface area contributed by atoms with Crippen LogP contribution in [0.4, 0.5) is 13.2 Å². The van der Waals surface area contributed by atoms with Crippen molar-refractivity contribution >= 4 is 0 Å². The third-order valence-electron chi connectivity index (χ3n) is 2.96. The molecule has 0 spiro atoms. The average Bonchev–Trinajstić information content (AvgIpc) is 3.14. The Morgan fingerprint density at radius 1 is 1.04 bits per heavy atom. The molecule has 0 fully saturated rings. The molecule has 1 aromatic carbocycles. The molecule has 0 atom stereocenters. The molecule has 0 aliphatic heterocycles. The van der Waals surface area contributed by atoms with Gasteiger partial charge in [0.05, 0.1) is 0 Å². The van der Waals surface area contributed by atoms with Gasteiger partial charge < -0.3 is 4.52 Å². The van der Waals surface area contributed by atoms with Crippen LogP contribution < -0.4 is 0 Å². The van der Waals surface area contributed by atoms with Gasteiger partial charge in [-0.3, -0.25) is 0 Å². The summed E-state index contributed by atoms with van der Waals surface area (Å²) < 4.78 is 40.7. The highest BCUT2D eigenvalue weighted by Gasteiger charge is 2.38. The second-order valence-electron chi connectivity index (χ2n) is 5.22. The number of aromatic nitrogens is 2. The zero-order valence-corrected chi connectivity index (χ0v) is 16.6. The fourth-order valence-corrected chi connectivity index (χ4v) is 1.72. The maximum Gasteiger partial charge on any atom is 0.471 e. The highest BCUT2D eigenvalue weighted by molar-refractivity contribution is 5.54. The Kier molecular flexibility index (Phi) is 11.4. The number of rotatable bonds is 3. The second-order valence-corrected chi connectivity index (χ2v) is 5.22. The number of hydrogen-bond acceptors (Lipinski definition) is 3. The van der Waals surface area contributed by atoms with E-state index in [9.17, 15) is 13.2 Å². The van der Waals surface area contributed by atoms with Crippen LogP contribution >= 0.6 is 0 Å². The normalized spacial score (nSPS) is 11.8. The van der Waals surface area contributed by atoms with Crippen LogP contribution in [0.15, 0.2) is 64.7 Å². The van der Waals surface area contributed by atoms with Crippen molar-refractivity contribution in [3.8, 4) is 11.4 Å². The Labute approximate surface area is 159 Å². The Bertz CT molecular complexity index is 740. The van der Waals surface area contributed by atoms with E-state index < -0.39 is 12.1 Å². The quantitative estimate of drug-likeness (QED) is 0.530. The van der Waals surface area contributed by atoms with Crippen LogP contribution in [0, 0.1) is 6.92 Å². The van der Waals surface area contributed by atoms with Gasteiger partial charge in [0.25, 0.3) is 0 Å². The Morgan fingerprint density at radius 3 is 2.07 bits per heavy atom. The minimum absolute atomic E-state index is 0.0627. The van der Waals surface area contributed by atoms with E-state index in [4.69, 9.17) is 0 Å². The summed E-state index contributed by atoms with van der Waals surface area (Å²) >= 11 is 0. The summed E-state index contributed by atoms with van der Waals surface area (Å²) in [5.41, 5.74) is 2.78. The first-order valence-electron chi connectivity index (χ1n) is 8.68. The molecule has 1 heterocycles. The van der Waals surface area contributed by atoms with Crippen LogP contribution in [-0.4, -0.2) is 10.1 Å². The molecule has 0 radical (unpaired) electrons. The van der Waals surface area contributed by atoms with E-state index in [0.717, 1.165) is 5.56 Å². The summed E-state index contributed by atoms with van der Waals surface area (Å²) in [4.78, 5) is 3.28. The molecule has 3 nitrogen and oxygen atoms in total. The number of allylic oxidation sites excluding steroid dienone is 6. The van der Waals surface area contributed by atoms with E-state index in [2.05, 4.69) is 33.7 Å². The van der Waals surface area contributed by atoms with E-state index in [0.29, 0.717) is 5.56 Å². The van der Waals surface area contributed by atoms with Crippen molar-refractivity contribution in [2.45, 2.75) is 47.7 Å². The number of hydrogen-bond donors (Lipinski definition) is 0. The SMILES string of the molecule is CC.C\C=C/C=C(C)\C=C/C.Cc1ccc(-c2noc(C(F)(F)F)n2)cc1. The predicted molar refractivity (Wildman–Crippen MR) is 104 cm³/mol. The molecule has 0 aliphatic rings. The zero-order chi connectivity index (χ0) is 20.9. The van der Waals surface area contributed by atoms with Gasteiger partial charge in [0.15, 0.2) is 0 Å². The third kappa shape index (κ3) is 9.58. The zero-order valence-electron chi connectivity index (χ0n) is 16.6. The van der Waals surface area contributed by atoms with Crippen molar-refractivity contribution in [2.75, 3.05) is 0 Å². The van der Waals surface area contributed by atoms with Crippen LogP contribution in [0.5, 0.6) is 0 Å². The fraction of sp³-hybridized carbons (Fsp3) is 0.333. The van der Waals surface area contributed by atoms with Crippen molar-refractivity contribution in [1.29, 1.82) is 0 Å². The van der Waals surface area contributed by atoms with Gasteiger partial charge in [-0.15, -0.1) is 0 Å². The van der Waals surface area contributed by atoms with Gasteiger partial charge in [-0.25, -0.2) is 0 Å². The van der Waals surface area contributed by atoms with E-state index in [1.54, 1.807) is 24.3 Å². The molecule has 0 amide bonds.